The number of benzene rings is 2. The molecule has 1 aromatic heterocycles. The third kappa shape index (κ3) is 4.54. The van der Waals surface area contributed by atoms with Crippen LogP contribution in [0, 0.1) is 0 Å². The molecule has 0 unspecified atom stereocenters. The molecule has 0 bridgehead atoms. The SMILES string of the molecule is COc1ccc(Nc2nccc(C(=O)Nc3ccc(Br)cc3)n2)cc1. The Morgan fingerprint density at radius 3 is 2.36 bits per heavy atom. The predicted molar refractivity (Wildman–Crippen MR) is 100 cm³/mol. The van der Waals surface area contributed by atoms with Gasteiger partial charge in [0.25, 0.3) is 5.91 Å². The fourth-order valence-corrected chi connectivity index (χ4v) is 2.34. The van der Waals surface area contributed by atoms with E-state index in [2.05, 4.69) is 36.5 Å². The van der Waals surface area contributed by atoms with Gasteiger partial charge >= 0.3 is 0 Å². The van der Waals surface area contributed by atoms with Crippen molar-refractivity contribution in [2.75, 3.05) is 17.7 Å². The van der Waals surface area contributed by atoms with Crippen molar-refractivity contribution in [3.8, 4) is 5.75 Å². The highest BCUT2D eigenvalue weighted by Gasteiger charge is 2.09. The third-order valence-corrected chi connectivity index (χ3v) is 3.87. The van der Waals surface area contributed by atoms with Gasteiger partial charge in [-0.2, -0.15) is 0 Å². The first kappa shape index (κ1) is 16.9. The summed E-state index contributed by atoms with van der Waals surface area (Å²) in [5, 5.41) is 5.86. The zero-order chi connectivity index (χ0) is 17.6. The molecule has 0 spiro atoms. The molecule has 2 N–H and O–H groups in total. The van der Waals surface area contributed by atoms with E-state index in [4.69, 9.17) is 4.74 Å². The van der Waals surface area contributed by atoms with Crippen LogP contribution in [-0.2, 0) is 0 Å². The van der Waals surface area contributed by atoms with Crippen molar-refractivity contribution < 1.29 is 9.53 Å². The molecule has 1 amide bonds. The maximum absolute atomic E-state index is 12.3. The minimum absolute atomic E-state index is 0.272. The van der Waals surface area contributed by atoms with E-state index in [1.54, 1.807) is 25.3 Å². The summed E-state index contributed by atoms with van der Waals surface area (Å²) in [6.45, 7) is 0. The molecule has 1 heterocycles. The van der Waals surface area contributed by atoms with Crippen molar-refractivity contribution in [3.05, 3.63) is 71.0 Å². The minimum atomic E-state index is -0.303. The number of hydrogen-bond donors (Lipinski definition) is 2. The highest BCUT2D eigenvalue weighted by molar-refractivity contribution is 9.10. The summed E-state index contributed by atoms with van der Waals surface area (Å²) in [7, 11) is 1.61. The molecular weight excluding hydrogens is 384 g/mol. The average molecular weight is 399 g/mol. The van der Waals surface area contributed by atoms with Gasteiger partial charge in [-0.25, -0.2) is 9.97 Å². The second kappa shape index (κ2) is 7.76. The number of methoxy groups -OCH3 is 1. The van der Waals surface area contributed by atoms with Gasteiger partial charge in [0, 0.05) is 22.0 Å². The number of amides is 1. The van der Waals surface area contributed by atoms with Crippen LogP contribution in [0.3, 0.4) is 0 Å². The number of nitrogens with zero attached hydrogens (tertiary/aromatic N) is 2. The van der Waals surface area contributed by atoms with Gasteiger partial charge in [-0.05, 0) is 54.6 Å². The van der Waals surface area contributed by atoms with Crippen LogP contribution in [0.4, 0.5) is 17.3 Å². The van der Waals surface area contributed by atoms with Crippen LogP contribution in [-0.4, -0.2) is 23.0 Å². The van der Waals surface area contributed by atoms with E-state index in [0.717, 1.165) is 15.9 Å². The first-order chi connectivity index (χ1) is 12.1. The molecule has 126 valence electrons. The number of hydrogen-bond acceptors (Lipinski definition) is 5. The molecule has 7 heteroatoms. The molecule has 0 aliphatic rings. The lowest BCUT2D eigenvalue weighted by molar-refractivity contribution is 0.102. The van der Waals surface area contributed by atoms with Crippen LogP contribution in [0.25, 0.3) is 0 Å². The van der Waals surface area contributed by atoms with Crippen LogP contribution in [0.15, 0.2) is 65.3 Å². The number of rotatable bonds is 5. The summed E-state index contributed by atoms with van der Waals surface area (Å²) in [6.07, 6.45) is 1.54. The quantitative estimate of drug-likeness (QED) is 0.671. The summed E-state index contributed by atoms with van der Waals surface area (Å²) in [6, 6.07) is 16.2. The number of halogens is 1. The second-order valence-corrected chi connectivity index (χ2v) is 6.00. The minimum Gasteiger partial charge on any atom is -0.497 e. The number of ether oxygens (including phenoxy) is 1. The molecule has 3 rings (SSSR count). The van der Waals surface area contributed by atoms with Gasteiger partial charge < -0.3 is 15.4 Å². The molecule has 6 nitrogen and oxygen atoms in total. The second-order valence-electron chi connectivity index (χ2n) is 5.08. The summed E-state index contributed by atoms with van der Waals surface area (Å²) >= 11 is 3.36. The van der Waals surface area contributed by atoms with E-state index in [0.29, 0.717) is 11.6 Å². The van der Waals surface area contributed by atoms with Crippen LogP contribution in [0.2, 0.25) is 0 Å². The zero-order valence-corrected chi connectivity index (χ0v) is 14.9. The Labute approximate surface area is 153 Å². The molecule has 0 aliphatic carbocycles. The Kier molecular flexibility index (Phi) is 5.25. The maximum Gasteiger partial charge on any atom is 0.274 e. The fraction of sp³-hybridized carbons (Fsp3) is 0.0556. The molecule has 0 saturated heterocycles. The third-order valence-electron chi connectivity index (χ3n) is 3.34. The molecule has 2 aromatic carbocycles. The van der Waals surface area contributed by atoms with Crippen LogP contribution in [0.1, 0.15) is 10.5 Å². The topological polar surface area (TPSA) is 76.1 Å². The molecular formula is C18H15BrN4O2. The van der Waals surface area contributed by atoms with Gasteiger partial charge in [-0.1, -0.05) is 15.9 Å². The molecule has 0 saturated carbocycles. The van der Waals surface area contributed by atoms with Gasteiger partial charge in [0.1, 0.15) is 11.4 Å². The van der Waals surface area contributed by atoms with Crippen molar-refractivity contribution >= 4 is 39.2 Å². The van der Waals surface area contributed by atoms with Gasteiger partial charge in [0.2, 0.25) is 5.95 Å². The highest BCUT2D eigenvalue weighted by Crippen LogP contribution is 2.18. The number of carbonyl (C=O) groups is 1. The lowest BCUT2D eigenvalue weighted by Crippen LogP contribution is -2.14. The Hall–Kier alpha value is -2.93. The lowest BCUT2D eigenvalue weighted by Gasteiger charge is -2.08. The largest absolute Gasteiger partial charge is 0.497 e. The smallest absolute Gasteiger partial charge is 0.274 e. The number of anilines is 3. The summed E-state index contributed by atoms with van der Waals surface area (Å²) in [5.41, 5.74) is 1.76. The fourth-order valence-electron chi connectivity index (χ4n) is 2.08. The van der Waals surface area contributed by atoms with E-state index in [-0.39, 0.29) is 11.6 Å². The van der Waals surface area contributed by atoms with E-state index in [1.165, 1.54) is 6.20 Å². The molecule has 0 atom stereocenters. The Morgan fingerprint density at radius 1 is 1.00 bits per heavy atom. The summed E-state index contributed by atoms with van der Waals surface area (Å²) < 4.78 is 6.06. The van der Waals surface area contributed by atoms with Crippen molar-refractivity contribution in [2.45, 2.75) is 0 Å². The van der Waals surface area contributed by atoms with Crippen LogP contribution < -0.4 is 15.4 Å². The van der Waals surface area contributed by atoms with Crippen molar-refractivity contribution in [1.82, 2.24) is 9.97 Å². The molecule has 0 fully saturated rings. The molecule has 0 aliphatic heterocycles. The Balaban J connectivity index is 1.71. The maximum atomic E-state index is 12.3. The number of carbonyl (C=O) groups excluding carboxylic acids is 1. The van der Waals surface area contributed by atoms with Gasteiger partial charge in [-0.15, -0.1) is 0 Å². The normalized spacial score (nSPS) is 10.2. The summed E-state index contributed by atoms with van der Waals surface area (Å²) in [4.78, 5) is 20.7. The van der Waals surface area contributed by atoms with Crippen molar-refractivity contribution in [3.63, 3.8) is 0 Å². The van der Waals surface area contributed by atoms with Crippen molar-refractivity contribution in [1.29, 1.82) is 0 Å². The lowest BCUT2D eigenvalue weighted by atomic mass is 10.3. The standard InChI is InChI=1S/C18H15BrN4O2/c1-25-15-8-6-14(7-9-15)22-18-20-11-10-16(23-18)17(24)21-13-4-2-12(19)3-5-13/h2-11H,1H3,(H,21,24)(H,20,22,23). The number of aromatic nitrogens is 2. The highest BCUT2D eigenvalue weighted by atomic mass is 79.9. The Bertz CT molecular complexity index is 867. The van der Waals surface area contributed by atoms with E-state index >= 15 is 0 Å². The first-order valence-corrected chi connectivity index (χ1v) is 8.24. The van der Waals surface area contributed by atoms with Gasteiger partial charge in [0.05, 0.1) is 7.11 Å². The van der Waals surface area contributed by atoms with Gasteiger partial charge in [-0.3, -0.25) is 4.79 Å². The summed E-state index contributed by atoms with van der Waals surface area (Å²) in [5.74, 6) is 0.797. The van der Waals surface area contributed by atoms with Crippen LogP contribution in [0.5, 0.6) is 5.75 Å². The van der Waals surface area contributed by atoms with Crippen LogP contribution >= 0.6 is 15.9 Å². The monoisotopic (exact) mass is 398 g/mol. The van der Waals surface area contributed by atoms with E-state index in [1.807, 2.05) is 36.4 Å². The van der Waals surface area contributed by atoms with E-state index < -0.39 is 0 Å². The molecule has 0 radical (unpaired) electrons. The Morgan fingerprint density at radius 2 is 1.68 bits per heavy atom. The molecule has 25 heavy (non-hydrogen) atoms. The van der Waals surface area contributed by atoms with Gasteiger partial charge in [0.15, 0.2) is 0 Å². The first-order valence-electron chi connectivity index (χ1n) is 7.45. The number of nitrogens with one attached hydrogen (secondary N) is 2. The predicted octanol–water partition coefficient (Wildman–Crippen LogP) is 4.24. The van der Waals surface area contributed by atoms with Crippen molar-refractivity contribution in [2.24, 2.45) is 0 Å². The zero-order valence-electron chi connectivity index (χ0n) is 13.4. The average Bonchev–Trinajstić information content (AvgIpc) is 2.64. The molecule has 3 aromatic rings. The van der Waals surface area contributed by atoms with E-state index in [9.17, 15) is 4.79 Å².